The predicted octanol–water partition coefficient (Wildman–Crippen LogP) is 1.55. The number of amides is 1. The van der Waals surface area contributed by atoms with Crippen LogP contribution in [-0.2, 0) is 24.3 Å². The van der Waals surface area contributed by atoms with E-state index in [2.05, 4.69) is 17.1 Å². The van der Waals surface area contributed by atoms with Gasteiger partial charge in [0.15, 0.2) is 5.16 Å². The summed E-state index contributed by atoms with van der Waals surface area (Å²) in [5, 5.41) is 0.713. The van der Waals surface area contributed by atoms with Crippen LogP contribution >= 0.6 is 11.8 Å². The van der Waals surface area contributed by atoms with Gasteiger partial charge in [0.2, 0.25) is 5.91 Å². The Bertz CT molecular complexity index is 817. The van der Waals surface area contributed by atoms with Gasteiger partial charge in [-0.05, 0) is 17.5 Å². The van der Waals surface area contributed by atoms with Gasteiger partial charge in [-0.1, -0.05) is 36.0 Å². The van der Waals surface area contributed by atoms with Crippen LogP contribution in [0.5, 0.6) is 0 Å². The summed E-state index contributed by atoms with van der Waals surface area (Å²) < 4.78 is 1.62. The van der Waals surface area contributed by atoms with Gasteiger partial charge < -0.3 is 4.90 Å². The van der Waals surface area contributed by atoms with E-state index in [0.717, 1.165) is 13.0 Å². The Morgan fingerprint density at radius 1 is 1.22 bits per heavy atom. The maximum absolute atomic E-state index is 12.9. The molecule has 1 atom stereocenters. The van der Waals surface area contributed by atoms with Crippen LogP contribution in [0, 0.1) is 5.92 Å². The largest absolute Gasteiger partial charge is 0.338 e. The van der Waals surface area contributed by atoms with Crippen LogP contribution < -0.4 is 5.56 Å². The van der Waals surface area contributed by atoms with Crippen molar-refractivity contribution in [1.82, 2.24) is 14.5 Å². The molecule has 2 aliphatic rings. The Morgan fingerprint density at radius 3 is 2.91 bits per heavy atom. The smallest absolute Gasteiger partial charge is 0.254 e. The number of hydrogen-bond acceptors (Lipinski definition) is 4. The number of aromatic nitrogens is 2. The summed E-state index contributed by atoms with van der Waals surface area (Å²) in [7, 11) is 0. The minimum absolute atomic E-state index is 0.0796. The number of rotatable bonds is 1. The highest BCUT2D eigenvalue weighted by Gasteiger charge is 2.31. The summed E-state index contributed by atoms with van der Waals surface area (Å²) in [6, 6.07) is 9.74. The second-order valence-corrected chi connectivity index (χ2v) is 6.95. The van der Waals surface area contributed by atoms with Crippen molar-refractivity contribution in [3.05, 3.63) is 58.0 Å². The first-order valence-corrected chi connectivity index (χ1v) is 8.75. The van der Waals surface area contributed by atoms with Gasteiger partial charge in [0, 0.05) is 37.7 Å². The number of carbonyl (C=O) groups is 1. The third-order valence-electron chi connectivity index (χ3n) is 4.51. The number of benzene rings is 1. The van der Waals surface area contributed by atoms with E-state index in [4.69, 9.17) is 0 Å². The summed E-state index contributed by atoms with van der Waals surface area (Å²) in [6.45, 7) is 1.86. The number of thioether (sulfide) groups is 1. The van der Waals surface area contributed by atoms with Gasteiger partial charge in [0.1, 0.15) is 0 Å². The number of nitrogens with zero attached hydrogens (tertiary/aromatic N) is 3. The third-order valence-corrected chi connectivity index (χ3v) is 5.66. The van der Waals surface area contributed by atoms with Crippen LogP contribution in [0.4, 0.5) is 0 Å². The highest BCUT2D eigenvalue weighted by molar-refractivity contribution is 7.99. The SMILES string of the molecule is O=C([C@H]1CSc2nccc(=O)n2C1)N1CCc2ccccc2C1. The van der Waals surface area contributed by atoms with Crippen LogP contribution in [0.1, 0.15) is 11.1 Å². The highest BCUT2D eigenvalue weighted by atomic mass is 32.2. The number of carbonyl (C=O) groups excluding carboxylic acids is 1. The van der Waals surface area contributed by atoms with Gasteiger partial charge >= 0.3 is 0 Å². The molecule has 4 rings (SSSR count). The predicted molar refractivity (Wildman–Crippen MR) is 88.3 cm³/mol. The molecule has 0 saturated carbocycles. The molecule has 0 spiro atoms. The first kappa shape index (κ1) is 14.5. The monoisotopic (exact) mass is 327 g/mol. The Hall–Kier alpha value is -2.08. The molecule has 1 aromatic heterocycles. The zero-order valence-electron chi connectivity index (χ0n) is 12.6. The minimum atomic E-state index is -0.153. The fraction of sp³-hybridized carbons (Fsp3) is 0.353. The molecule has 0 aliphatic carbocycles. The molecular weight excluding hydrogens is 310 g/mol. The number of fused-ring (bicyclic) bond motifs is 2. The molecule has 0 unspecified atom stereocenters. The molecule has 2 aromatic rings. The Balaban J connectivity index is 1.53. The molecule has 5 nitrogen and oxygen atoms in total. The number of hydrogen-bond donors (Lipinski definition) is 0. The quantitative estimate of drug-likeness (QED) is 0.746. The standard InChI is InChI=1S/C17H17N3O2S/c21-15-5-7-18-17-20(15)10-14(11-23-17)16(22)19-8-6-12-3-1-2-4-13(12)9-19/h1-5,7,14H,6,8-11H2/t14-/m1/s1. The van der Waals surface area contributed by atoms with Gasteiger partial charge in [-0.2, -0.15) is 0 Å². The van der Waals surface area contributed by atoms with Gasteiger partial charge in [-0.15, -0.1) is 0 Å². The van der Waals surface area contributed by atoms with Crippen molar-refractivity contribution in [2.45, 2.75) is 24.7 Å². The van der Waals surface area contributed by atoms with Gasteiger partial charge in [0.25, 0.3) is 5.56 Å². The van der Waals surface area contributed by atoms with Crippen molar-refractivity contribution in [3.8, 4) is 0 Å². The normalized spacial score (nSPS) is 19.8. The van der Waals surface area contributed by atoms with E-state index in [1.165, 1.54) is 35.2 Å². The van der Waals surface area contributed by atoms with Crippen LogP contribution in [0.2, 0.25) is 0 Å². The first-order valence-electron chi connectivity index (χ1n) is 7.76. The molecule has 1 amide bonds. The fourth-order valence-corrected chi connectivity index (χ4v) is 4.30. The topological polar surface area (TPSA) is 55.2 Å². The Labute approximate surface area is 138 Å². The summed E-state index contributed by atoms with van der Waals surface area (Å²) in [4.78, 5) is 31.0. The van der Waals surface area contributed by atoms with E-state index in [1.54, 1.807) is 4.57 Å². The maximum atomic E-state index is 12.9. The third kappa shape index (κ3) is 2.67. The molecule has 3 heterocycles. The molecule has 6 heteroatoms. The lowest BCUT2D eigenvalue weighted by Gasteiger charge is -2.33. The van der Waals surface area contributed by atoms with E-state index in [0.29, 0.717) is 24.0 Å². The van der Waals surface area contributed by atoms with Crippen LogP contribution in [0.15, 0.2) is 46.5 Å². The zero-order chi connectivity index (χ0) is 15.8. The molecule has 118 valence electrons. The van der Waals surface area contributed by atoms with Crippen molar-refractivity contribution in [3.63, 3.8) is 0 Å². The van der Waals surface area contributed by atoms with E-state index >= 15 is 0 Å². The molecule has 0 radical (unpaired) electrons. The van der Waals surface area contributed by atoms with E-state index in [-0.39, 0.29) is 17.4 Å². The summed E-state index contributed by atoms with van der Waals surface area (Å²) in [5.74, 6) is 0.682. The van der Waals surface area contributed by atoms with Gasteiger partial charge in [0.05, 0.1) is 5.92 Å². The van der Waals surface area contributed by atoms with Crippen molar-refractivity contribution in [2.75, 3.05) is 12.3 Å². The lowest BCUT2D eigenvalue weighted by atomic mass is 9.98. The van der Waals surface area contributed by atoms with Crippen LogP contribution in [0.3, 0.4) is 0 Å². The van der Waals surface area contributed by atoms with Crippen molar-refractivity contribution in [1.29, 1.82) is 0 Å². The van der Waals surface area contributed by atoms with E-state index in [1.807, 2.05) is 17.0 Å². The molecule has 1 aromatic carbocycles. The fourth-order valence-electron chi connectivity index (χ4n) is 3.24. The summed E-state index contributed by atoms with van der Waals surface area (Å²) in [6.07, 6.45) is 2.44. The summed E-state index contributed by atoms with van der Waals surface area (Å²) >= 11 is 1.49. The Morgan fingerprint density at radius 2 is 2.04 bits per heavy atom. The van der Waals surface area contributed by atoms with Gasteiger partial charge in [-0.3, -0.25) is 14.2 Å². The molecule has 0 saturated heterocycles. The average Bonchev–Trinajstić information content (AvgIpc) is 2.61. The molecule has 2 aliphatic heterocycles. The minimum Gasteiger partial charge on any atom is -0.338 e. The lowest BCUT2D eigenvalue weighted by Crippen LogP contribution is -2.44. The molecule has 0 N–H and O–H groups in total. The van der Waals surface area contributed by atoms with Gasteiger partial charge in [-0.25, -0.2) is 4.98 Å². The molecule has 23 heavy (non-hydrogen) atoms. The van der Waals surface area contributed by atoms with E-state index in [9.17, 15) is 9.59 Å². The summed E-state index contributed by atoms with van der Waals surface area (Å²) in [5.41, 5.74) is 2.49. The van der Waals surface area contributed by atoms with Crippen LogP contribution in [0.25, 0.3) is 0 Å². The lowest BCUT2D eigenvalue weighted by molar-refractivity contribution is -0.136. The second kappa shape index (κ2) is 5.85. The zero-order valence-corrected chi connectivity index (χ0v) is 13.5. The maximum Gasteiger partial charge on any atom is 0.254 e. The van der Waals surface area contributed by atoms with Crippen LogP contribution in [-0.4, -0.2) is 32.7 Å². The highest BCUT2D eigenvalue weighted by Crippen LogP contribution is 2.27. The molecule has 0 bridgehead atoms. The van der Waals surface area contributed by atoms with Crippen molar-refractivity contribution >= 4 is 17.7 Å². The van der Waals surface area contributed by atoms with Crippen molar-refractivity contribution in [2.24, 2.45) is 5.92 Å². The van der Waals surface area contributed by atoms with E-state index < -0.39 is 0 Å². The molecule has 0 fully saturated rings. The Kier molecular flexibility index (Phi) is 3.69. The van der Waals surface area contributed by atoms with Crippen molar-refractivity contribution < 1.29 is 4.79 Å². The molecular formula is C17H17N3O2S. The second-order valence-electron chi connectivity index (χ2n) is 5.96. The average molecular weight is 327 g/mol. The first-order chi connectivity index (χ1) is 11.2.